The molecule has 1 atom stereocenters. The van der Waals surface area contributed by atoms with Gasteiger partial charge in [-0.1, -0.05) is 6.92 Å². The quantitative estimate of drug-likeness (QED) is 0.879. The van der Waals surface area contributed by atoms with Crippen molar-refractivity contribution in [3.63, 3.8) is 0 Å². The maximum absolute atomic E-state index is 12.1. The minimum atomic E-state index is -0.933. The van der Waals surface area contributed by atoms with Gasteiger partial charge in [-0.15, -0.1) is 0 Å². The van der Waals surface area contributed by atoms with E-state index in [9.17, 15) is 9.59 Å². The van der Waals surface area contributed by atoms with Crippen molar-refractivity contribution in [2.45, 2.75) is 13.8 Å². The van der Waals surface area contributed by atoms with Crippen molar-refractivity contribution in [3.05, 3.63) is 42.2 Å². The molecule has 0 aliphatic heterocycles. The summed E-state index contributed by atoms with van der Waals surface area (Å²) in [7, 11) is 1.56. The number of aliphatic carboxylic acids is 1. The van der Waals surface area contributed by atoms with E-state index < -0.39 is 11.9 Å². The zero-order valence-electron chi connectivity index (χ0n) is 13.9. The molecule has 1 unspecified atom stereocenters. The van der Waals surface area contributed by atoms with Crippen molar-refractivity contribution >= 4 is 17.7 Å². The predicted octanol–water partition coefficient (Wildman–Crippen LogP) is 2.64. The lowest BCUT2D eigenvalue weighted by Crippen LogP contribution is -2.36. The molecule has 0 aliphatic rings. The predicted molar refractivity (Wildman–Crippen MR) is 90.7 cm³/mol. The molecule has 0 aliphatic carbocycles. The molecular weight excluding hydrogens is 308 g/mol. The maximum Gasteiger partial charge on any atom is 0.321 e. The average Bonchev–Trinajstić information content (AvgIpc) is 2.55. The molecule has 0 saturated carbocycles. The first-order valence-electron chi connectivity index (χ1n) is 7.52. The molecule has 2 aromatic rings. The summed E-state index contributed by atoms with van der Waals surface area (Å²) in [5.74, 6) is -0.931. The summed E-state index contributed by atoms with van der Waals surface area (Å²) >= 11 is 0. The first-order chi connectivity index (χ1) is 11.4. The van der Waals surface area contributed by atoms with Crippen molar-refractivity contribution in [3.8, 4) is 11.4 Å². The molecular formula is C17H20N4O3. The van der Waals surface area contributed by atoms with E-state index in [1.165, 1.54) is 4.90 Å². The molecule has 1 aromatic carbocycles. The van der Waals surface area contributed by atoms with Crippen molar-refractivity contribution in [2.75, 3.05) is 18.9 Å². The number of urea groups is 1. The van der Waals surface area contributed by atoms with E-state index in [2.05, 4.69) is 15.3 Å². The Labute approximate surface area is 140 Å². The van der Waals surface area contributed by atoms with Gasteiger partial charge < -0.3 is 15.3 Å². The smallest absolute Gasteiger partial charge is 0.321 e. The molecule has 1 heterocycles. The lowest BCUT2D eigenvalue weighted by atomic mass is 10.2. The number of carboxylic acids is 1. The summed E-state index contributed by atoms with van der Waals surface area (Å²) in [6, 6.07) is 8.63. The Morgan fingerprint density at radius 3 is 2.50 bits per heavy atom. The van der Waals surface area contributed by atoms with Crippen molar-refractivity contribution < 1.29 is 14.7 Å². The Bertz CT molecular complexity index is 731. The van der Waals surface area contributed by atoms with Crippen LogP contribution in [0.2, 0.25) is 0 Å². The molecule has 0 saturated heterocycles. The minimum absolute atomic E-state index is 0.135. The SMILES string of the molecule is Cc1ccnc(-c2ccc(NC(=O)N(C)CC(C)C(=O)O)cc2)n1. The van der Waals surface area contributed by atoms with E-state index in [4.69, 9.17) is 5.11 Å². The molecule has 7 nitrogen and oxygen atoms in total. The first-order valence-corrected chi connectivity index (χ1v) is 7.52. The first kappa shape index (κ1) is 17.4. The van der Waals surface area contributed by atoms with E-state index >= 15 is 0 Å². The summed E-state index contributed by atoms with van der Waals surface area (Å²) < 4.78 is 0. The van der Waals surface area contributed by atoms with Crippen LogP contribution >= 0.6 is 0 Å². The second-order valence-corrected chi connectivity index (χ2v) is 5.65. The van der Waals surface area contributed by atoms with E-state index in [1.54, 1.807) is 32.3 Å². The van der Waals surface area contributed by atoms with Crippen LogP contribution in [0.5, 0.6) is 0 Å². The van der Waals surface area contributed by atoms with Crippen LogP contribution in [-0.4, -0.2) is 45.6 Å². The number of carboxylic acid groups (broad SMARTS) is 1. The Hall–Kier alpha value is -2.96. The molecule has 7 heteroatoms. The molecule has 2 amide bonds. The molecule has 0 spiro atoms. The van der Waals surface area contributed by atoms with Gasteiger partial charge in [0, 0.05) is 36.7 Å². The van der Waals surface area contributed by atoms with Crippen LogP contribution in [0.25, 0.3) is 11.4 Å². The Balaban J connectivity index is 2.01. The monoisotopic (exact) mass is 328 g/mol. The number of rotatable bonds is 5. The second-order valence-electron chi connectivity index (χ2n) is 5.65. The summed E-state index contributed by atoms with van der Waals surface area (Å²) in [4.78, 5) is 32.8. The van der Waals surface area contributed by atoms with Crippen LogP contribution in [0.1, 0.15) is 12.6 Å². The van der Waals surface area contributed by atoms with Gasteiger partial charge in [0.25, 0.3) is 0 Å². The third-order valence-electron chi connectivity index (χ3n) is 3.51. The number of aryl methyl sites for hydroxylation is 1. The highest BCUT2D eigenvalue weighted by Gasteiger charge is 2.17. The van der Waals surface area contributed by atoms with Gasteiger partial charge in [0.1, 0.15) is 0 Å². The molecule has 1 aromatic heterocycles. The van der Waals surface area contributed by atoms with Crippen LogP contribution in [0, 0.1) is 12.8 Å². The number of aromatic nitrogens is 2. The van der Waals surface area contributed by atoms with E-state index in [1.807, 2.05) is 25.1 Å². The molecule has 0 bridgehead atoms. The Kier molecular flexibility index (Phi) is 5.47. The molecule has 2 rings (SSSR count). The molecule has 24 heavy (non-hydrogen) atoms. The summed E-state index contributed by atoms with van der Waals surface area (Å²) in [6.45, 7) is 3.59. The van der Waals surface area contributed by atoms with Gasteiger partial charge >= 0.3 is 12.0 Å². The van der Waals surface area contributed by atoms with Crippen molar-refractivity contribution in [1.82, 2.24) is 14.9 Å². The fraction of sp³-hybridized carbons (Fsp3) is 0.294. The summed E-state index contributed by atoms with van der Waals surface area (Å²) in [5.41, 5.74) is 2.35. The zero-order valence-corrected chi connectivity index (χ0v) is 13.9. The number of carbonyl (C=O) groups is 2. The number of nitrogens with one attached hydrogen (secondary N) is 1. The van der Waals surface area contributed by atoms with Crippen LogP contribution in [0.3, 0.4) is 0 Å². The lowest BCUT2D eigenvalue weighted by Gasteiger charge is -2.20. The van der Waals surface area contributed by atoms with Gasteiger partial charge in [0.05, 0.1) is 5.92 Å². The van der Waals surface area contributed by atoms with Crippen LogP contribution in [-0.2, 0) is 4.79 Å². The van der Waals surface area contributed by atoms with Crippen molar-refractivity contribution in [1.29, 1.82) is 0 Å². The third-order valence-corrected chi connectivity index (χ3v) is 3.51. The third kappa shape index (κ3) is 4.52. The van der Waals surface area contributed by atoms with Gasteiger partial charge in [-0.25, -0.2) is 14.8 Å². The van der Waals surface area contributed by atoms with Gasteiger partial charge in [-0.05, 0) is 37.3 Å². The van der Waals surface area contributed by atoms with Gasteiger partial charge in [-0.3, -0.25) is 4.79 Å². The normalized spacial score (nSPS) is 11.6. The summed E-state index contributed by atoms with van der Waals surface area (Å²) in [5, 5.41) is 11.6. The average molecular weight is 328 g/mol. The minimum Gasteiger partial charge on any atom is -0.481 e. The fourth-order valence-corrected chi connectivity index (χ4v) is 2.08. The fourth-order valence-electron chi connectivity index (χ4n) is 2.08. The zero-order chi connectivity index (χ0) is 17.7. The number of anilines is 1. The lowest BCUT2D eigenvalue weighted by molar-refractivity contribution is -0.141. The Morgan fingerprint density at radius 2 is 1.92 bits per heavy atom. The van der Waals surface area contributed by atoms with Crippen LogP contribution in [0.4, 0.5) is 10.5 Å². The second kappa shape index (κ2) is 7.54. The molecule has 2 N–H and O–H groups in total. The van der Waals surface area contributed by atoms with Gasteiger partial charge in [-0.2, -0.15) is 0 Å². The highest BCUT2D eigenvalue weighted by Crippen LogP contribution is 2.18. The van der Waals surface area contributed by atoms with Crippen LogP contribution in [0.15, 0.2) is 36.5 Å². The van der Waals surface area contributed by atoms with Crippen molar-refractivity contribution in [2.24, 2.45) is 5.92 Å². The number of hydrogen-bond donors (Lipinski definition) is 2. The summed E-state index contributed by atoms with van der Waals surface area (Å²) in [6.07, 6.45) is 1.70. The highest BCUT2D eigenvalue weighted by molar-refractivity contribution is 5.89. The number of benzene rings is 1. The molecule has 0 radical (unpaired) electrons. The van der Waals surface area contributed by atoms with E-state index in [0.717, 1.165) is 11.3 Å². The number of amides is 2. The van der Waals surface area contributed by atoms with E-state index in [-0.39, 0.29) is 12.6 Å². The molecule has 0 fully saturated rings. The number of nitrogens with zero attached hydrogens (tertiary/aromatic N) is 3. The topological polar surface area (TPSA) is 95.4 Å². The standard InChI is InChI=1S/C17H20N4O3/c1-11(16(22)23)10-21(3)17(24)20-14-6-4-13(5-7-14)15-18-9-8-12(2)19-15/h4-9,11H,10H2,1-3H3,(H,20,24)(H,22,23). The van der Waals surface area contributed by atoms with Gasteiger partial charge in [0.15, 0.2) is 5.82 Å². The van der Waals surface area contributed by atoms with E-state index in [0.29, 0.717) is 11.5 Å². The Morgan fingerprint density at radius 1 is 1.25 bits per heavy atom. The maximum atomic E-state index is 12.1. The molecule has 126 valence electrons. The largest absolute Gasteiger partial charge is 0.481 e. The number of hydrogen-bond acceptors (Lipinski definition) is 4. The van der Waals surface area contributed by atoms with Crippen LogP contribution < -0.4 is 5.32 Å². The number of carbonyl (C=O) groups excluding carboxylic acids is 1. The van der Waals surface area contributed by atoms with Gasteiger partial charge in [0.2, 0.25) is 0 Å². The highest BCUT2D eigenvalue weighted by atomic mass is 16.4.